The summed E-state index contributed by atoms with van der Waals surface area (Å²) in [7, 11) is 0. The lowest BCUT2D eigenvalue weighted by Gasteiger charge is -2.14. The Labute approximate surface area is 204 Å². The van der Waals surface area contributed by atoms with Gasteiger partial charge in [0.15, 0.2) is 5.65 Å². The number of pyridine rings is 1. The van der Waals surface area contributed by atoms with Crippen LogP contribution in [0.25, 0.3) is 11.0 Å². The zero-order valence-corrected chi connectivity index (χ0v) is 19.5. The molecule has 1 amide bonds. The molecule has 0 spiro atoms. The quantitative estimate of drug-likeness (QED) is 0.114. The zero-order valence-electron chi connectivity index (χ0n) is 19.5. The van der Waals surface area contributed by atoms with Crippen molar-refractivity contribution in [1.29, 1.82) is 0 Å². The molecule has 0 saturated heterocycles. The molecular weight excluding hydrogens is 440 g/mol. The molecule has 0 atom stereocenters. The van der Waals surface area contributed by atoms with E-state index in [1.165, 1.54) is 16.8 Å². The molecule has 0 aliphatic carbocycles. The van der Waals surface area contributed by atoms with E-state index in [9.17, 15) is 4.79 Å². The Hall–Kier alpha value is -4.24. The third kappa shape index (κ3) is 7.12. The number of fused-ring (bicyclic) bond motifs is 1. The number of H-pyrrole nitrogens is 1. The summed E-state index contributed by atoms with van der Waals surface area (Å²) in [6.45, 7) is 0.869. The Morgan fingerprint density at radius 3 is 2.66 bits per heavy atom. The lowest BCUT2D eigenvalue weighted by molar-refractivity contribution is -0.117. The molecule has 35 heavy (non-hydrogen) atoms. The highest BCUT2D eigenvalue weighted by Gasteiger charge is 2.08. The van der Waals surface area contributed by atoms with Crippen molar-refractivity contribution in [3.05, 3.63) is 101 Å². The average molecular weight is 471 g/mol. The normalized spacial score (nSPS) is 11.5. The molecule has 0 unspecified atom stereocenters. The van der Waals surface area contributed by atoms with Gasteiger partial charge in [-0.2, -0.15) is 5.10 Å². The molecule has 0 aliphatic rings. The predicted octanol–water partition coefficient (Wildman–Crippen LogP) is 2.56. The summed E-state index contributed by atoms with van der Waals surface area (Å²) in [4.78, 5) is 19.7. The molecule has 0 saturated carbocycles. The fourth-order valence-electron chi connectivity index (χ4n) is 3.74. The van der Waals surface area contributed by atoms with Crippen molar-refractivity contribution in [2.24, 2.45) is 11.6 Å². The van der Waals surface area contributed by atoms with Crippen LogP contribution in [0.4, 0.5) is 0 Å². The zero-order chi connectivity index (χ0) is 24.5. The monoisotopic (exact) mass is 470 g/mol. The molecule has 4 aromatic rings. The Morgan fingerprint density at radius 1 is 1.03 bits per heavy atom. The topological polar surface area (TPSA) is 139 Å². The Morgan fingerprint density at radius 2 is 1.86 bits per heavy atom. The second-order valence-electron chi connectivity index (χ2n) is 8.38. The summed E-state index contributed by atoms with van der Waals surface area (Å²) in [5.41, 5.74) is 10.8. The maximum atomic E-state index is 12.1. The molecular formula is C26H30N8O. The average Bonchev–Trinajstić information content (AvgIpc) is 3.27. The van der Waals surface area contributed by atoms with E-state index >= 15 is 0 Å². The van der Waals surface area contributed by atoms with E-state index in [0.717, 1.165) is 53.8 Å². The highest BCUT2D eigenvalue weighted by atomic mass is 16.2. The largest absolute Gasteiger partial charge is 0.393 e. The fourth-order valence-corrected chi connectivity index (χ4v) is 3.74. The fraction of sp³-hybridized carbons (Fsp3) is 0.231. The summed E-state index contributed by atoms with van der Waals surface area (Å²) < 4.78 is 0. The van der Waals surface area contributed by atoms with E-state index in [1.807, 2.05) is 36.4 Å². The van der Waals surface area contributed by atoms with Gasteiger partial charge in [-0.15, -0.1) is 5.10 Å². The van der Waals surface area contributed by atoms with Gasteiger partial charge >= 0.3 is 0 Å². The van der Waals surface area contributed by atoms with Gasteiger partial charge in [0, 0.05) is 36.4 Å². The number of nitrogens with zero attached hydrogens (tertiary/aromatic N) is 4. The number of nitrogens with one attached hydrogen (secondary N) is 2. The molecule has 4 rings (SSSR count). The van der Waals surface area contributed by atoms with Gasteiger partial charge in [-0.05, 0) is 49.1 Å². The van der Waals surface area contributed by atoms with E-state index < -0.39 is 0 Å². The van der Waals surface area contributed by atoms with Crippen LogP contribution in [0.1, 0.15) is 35.5 Å². The van der Waals surface area contributed by atoms with Crippen LogP contribution in [0.5, 0.6) is 0 Å². The summed E-state index contributed by atoms with van der Waals surface area (Å²) in [5, 5.41) is 13.9. The number of carbonyl (C=O) groups excluding carboxylic acids is 1. The van der Waals surface area contributed by atoms with Gasteiger partial charge < -0.3 is 21.0 Å². The highest BCUT2D eigenvalue weighted by molar-refractivity contribution is 5.92. The Kier molecular flexibility index (Phi) is 8.03. The first-order valence-electron chi connectivity index (χ1n) is 11.6. The minimum Gasteiger partial charge on any atom is -0.393 e. The number of carbonyl (C=O) groups is 1. The molecule has 180 valence electrons. The first kappa shape index (κ1) is 23.9. The van der Waals surface area contributed by atoms with Crippen molar-refractivity contribution in [2.45, 2.75) is 32.2 Å². The first-order valence-corrected chi connectivity index (χ1v) is 11.6. The number of hydrazine groups is 1. The maximum absolute atomic E-state index is 12.1. The van der Waals surface area contributed by atoms with Crippen LogP contribution in [0.2, 0.25) is 0 Å². The lowest BCUT2D eigenvalue weighted by Crippen LogP contribution is -2.33. The molecule has 3 aromatic heterocycles. The second kappa shape index (κ2) is 11.8. The van der Waals surface area contributed by atoms with E-state index in [0.29, 0.717) is 13.1 Å². The van der Waals surface area contributed by atoms with Crippen LogP contribution in [-0.4, -0.2) is 37.6 Å². The van der Waals surface area contributed by atoms with Gasteiger partial charge in [0.1, 0.15) is 5.70 Å². The van der Waals surface area contributed by atoms with Gasteiger partial charge in [-0.1, -0.05) is 36.4 Å². The van der Waals surface area contributed by atoms with Crippen LogP contribution in [0.15, 0.2) is 78.8 Å². The number of nitrogens with two attached hydrogens (primary N) is 2. The molecule has 6 N–H and O–H groups in total. The molecule has 1 aromatic carbocycles. The van der Waals surface area contributed by atoms with E-state index in [1.54, 1.807) is 6.20 Å². The maximum Gasteiger partial charge on any atom is 0.269 e. The van der Waals surface area contributed by atoms with Gasteiger partial charge in [-0.25, -0.2) is 5.84 Å². The predicted molar refractivity (Wildman–Crippen MR) is 135 cm³/mol. The van der Waals surface area contributed by atoms with E-state index in [-0.39, 0.29) is 11.6 Å². The summed E-state index contributed by atoms with van der Waals surface area (Å²) >= 11 is 0. The van der Waals surface area contributed by atoms with Crippen molar-refractivity contribution < 1.29 is 4.79 Å². The number of unbranched alkanes of at least 4 members (excludes halogenated alkanes) is 1. The number of rotatable bonds is 11. The molecule has 9 nitrogen and oxygen atoms in total. The minimum atomic E-state index is -0.382. The molecule has 9 heteroatoms. The number of aromatic nitrogens is 4. The van der Waals surface area contributed by atoms with Crippen molar-refractivity contribution in [2.75, 3.05) is 6.54 Å². The van der Waals surface area contributed by atoms with E-state index in [2.05, 4.69) is 49.7 Å². The van der Waals surface area contributed by atoms with Crippen LogP contribution in [0.3, 0.4) is 0 Å². The number of amides is 1. The first-order chi connectivity index (χ1) is 17.1. The van der Waals surface area contributed by atoms with Crippen molar-refractivity contribution in [1.82, 2.24) is 30.5 Å². The van der Waals surface area contributed by atoms with E-state index in [4.69, 9.17) is 11.6 Å². The number of hydrogen-bond acceptors (Lipinski definition) is 7. The molecule has 0 aliphatic heterocycles. The van der Waals surface area contributed by atoms with Crippen LogP contribution in [-0.2, 0) is 24.2 Å². The number of hydrogen-bond donors (Lipinski definition) is 4. The minimum absolute atomic E-state index is 0.0542. The SMILES string of the molecule is N/C(=C\N(N)CCCCc1cc2cc(Cc3ccccc3)[nH]c2nn1)C(=O)NCc1ccccn1. The van der Waals surface area contributed by atoms with Crippen LogP contribution in [0, 0.1) is 0 Å². The second-order valence-corrected chi connectivity index (χ2v) is 8.38. The molecule has 0 bridgehead atoms. The lowest BCUT2D eigenvalue weighted by atomic mass is 10.1. The summed E-state index contributed by atoms with van der Waals surface area (Å²) in [6.07, 6.45) is 6.45. The smallest absolute Gasteiger partial charge is 0.269 e. The van der Waals surface area contributed by atoms with Crippen LogP contribution >= 0.6 is 0 Å². The number of benzene rings is 1. The summed E-state index contributed by atoms with van der Waals surface area (Å²) in [5.74, 6) is 5.61. The number of aromatic amines is 1. The van der Waals surface area contributed by atoms with Gasteiger partial charge in [0.25, 0.3) is 5.91 Å². The van der Waals surface area contributed by atoms with Gasteiger partial charge in [-0.3, -0.25) is 9.78 Å². The highest BCUT2D eigenvalue weighted by Crippen LogP contribution is 2.17. The van der Waals surface area contributed by atoms with Crippen molar-refractivity contribution in [3.63, 3.8) is 0 Å². The Bertz CT molecular complexity index is 1270. The third-order valence-corrected chi connectivity index (χ3v) is 5.54. The summed E-state index contributed by atoms with van der Waals surface area (Å²) in [6, 6.07) is 20.1. The van der Waals surface area contributed by atoms with Gasteiger partial charge in [0.2, 0.25) is 0 Å². The molecule has 3 heterocycles. The number of aryl methyl sites for hydroxylation is 1. The van der Waals surface area contributed by atoms with Crippen LogP contribution < -0.4 is 16.9 Å². The molecule has 0 fully saturated rings. The standard InChI is InChI=1S/C26H30N8O/c27-24(26(35)30-17-22-11-4-6-12-29-22)18-34(28)13-7-5-10-21-15-20-16-23(31-25(20)33-32-21)14-19-8-2-1-3-9-19/h1-4,6,8-9,11-12,15-16,18H,5,7,10,13-14,17,27-28H2,(H,30,35)(H,31,33)/b24-18-. The van der Waals surface area contributed by atoms with Crippen molar-refractivity contribution >= 4 is 16.9 Å². The molecule has 0 radical (unpaired) electrons. The Balaban J connectivity index is 1.21. The van der Waals surface area contributed by atoms with Gasteiger partial charge in [0.05, 0.1) is 17.9 Å². The third-order valence-electron chi connectivity index (χ3n) is 5.54. The van der Waals surface area contributed by atoms with Crippen molar-refractivity contribution in [3.8, 4) is 0 Å².